The topological polar surface area (TPSA) is 22.1 Å². The van der Waals surface area contributed by atoms with Crippen molar-refractivity contribution in [2.24, 2.45) is 0 Å². The van der Waals surface area contributed by atoms with E-state index in [1.807, 2.05) is 0 Å². The number of alkyl halides is 4. The first kappa shape index (κ1) is 11.3. The normalized spacial score (nSPS) is 11.5. The molecule has 1 aromatic heterocycles. The molecule has 1 heterocycles. The minimum atomic E-state index is -4.66. The lowest BCUT2D eigenvalue weighted by molar-refractivity contribution is -0.274. The molecule has 1 aromatic rings. The molecule has 0 saturated heterocycles. The van der Waals surface area contributed by atoms with E-state index in [1.54, 1.807) is 6.92 Å². The van der Waals surface area contributed by atoms with Gasteiger partial charge in [-0.15, -0.1) is 13.2 Å². The number of hydrogen-bond acceptors (Lipinski definition) is 2. The number of rotatable bonds is 2. The molecule has 0 saturated carbocycles. The van der Waals surface area contributed by atoms with Crippen LogP contribution in [0.4, 0.5) is 13.2 Å². The summed E-state index contributed by atoms with van der Waals surface area (Å²) in [7, 11) is 0. The minimum absolute atomic E-state index is 0.207. The molecule has 0 amide bonds. The third-order valence-corrected chi connectivity index (χ3v) is 2.15. The van der Waals surface area contributed by atoms with Gasteiger partial charge in [0.05, 0.1) is 0 Å². The molecule has 1 rings (SSSR count). The fraction of sp³-hybridized carbons (Fsp3) is 0.375. The molecule has 0 atom stereocenters. The molecule has 0 aliphatic rings. The highest BCUT2D eigenvalue weighted by Crippen LogP contribution is 2.28. The Labute approximate surface area is 87.2 Å². The zero-order valence-electron chi connectivity index (χ0n) is 7.23. The van der Waals surface area contributed by atoms with Gasteiger partial charge in [-0.05, 0) is 13.0 Å². The lowest BCUT2D eigenvalue weighted by atomic mass is 10.2. The second-order valence-corrected chi connectivity index (χ2v) is 3.12. The summed E-state index contributed by atoms with van der Waals surface area (Å²) in [5.74, 6) is -0.207. The van der Waals surface area contributed by atoms with Gasteiger partial charge < -0.3 is 4.74 Å². The van der Waals surface area contributed by atoms with Gasteiger partial charge in [-0.1, -0.05) is 15.9 Å². The number of nitrogens with zero attached hydrogens (tertiary/aromatic N) is 1. The number of hydrogen-bond donors (Lipinski definition) is 0. The third kappa shape index (κ3) is 2.87. The summed E-state index contributed by atoms with van der Waals surface area (Å²) in [6.45, 7) is 1.62. The lowest BCUT2D eigenvalue weighted by Gasteiger charge is -2.12. The Kier molecular flexibility index (Phi) is 3.36. The number of aryl methyl sites for hydroxylation is 1. The zero-order valence-corrected chi connectivity index (χ0v) is 8.82. The largest absolute Gasteiger partial charge is 0.573 e. The van der Waals surface area contributed by atoms with Gasteiger partial charge in [-0.25, -0.2) is 0 Å². The van der Waals surface area contributed by atoms with Crippen molar-refractivity contribution in [1.82, 2.24) is 4.98 Å². The molecule has 0 N–H and O–H groups in total. The Bertz CT molecular complexity index is 327. The highest BCUT2D eigenvalue weighted by atomic mass is 79.9. The summed E-state index contributed by atoms with van der Waals surface area (Å²) in [5, 5.41) is 0.276. The fourth-order valence-electron chi connectivity index (χ4n) is 0.956. The molecule has 14 heavy (non-hydrogen) atoms. The molecule has 0 aliphatic carbocycles. The molecular weight excluding hydrogens is 263 g/mol. The van der Waals surface area contributed by atoms with Gasteiger partial charge >= 0.3 is 6.36 Å². The molecule has 0 radical (unpaired) electrons. The van der Waals surface area contributed by atoms with Crippen LogP contribution in [0.2, 0.25) is 0 Å². The minimum Gasteiger partial charge on any atom is -0.405 e. The molecule has 0 spiro atoms. The first-order chi connectivity index (χ1) is 6.44. The van der Waals surface area contributed by atoms with E-state index in [2.05, 4.69) is 25.7 Å². The molecule has 0 bridgehead atoms. The van der Waals surface area contributed by atoms with Crippen LogP contribution in [0.15, 0.2) is 12.3 Å². The average molecular weight is 270 g/mol. The van der Waals surface area contributed by atoms with E-state index in [-0.39, 0.29) is 11.1 Å². The maximum atomic E-state index is 11.9. The standard InChI is InChI=1S/C8H7BrF3NO/c1-5-6(4-9)7(2-3-13-5)14-8(10,11)12/h2-3H,4H2,1H3. The summed E-state index contributed by atoms with van der Waals surface area (Å²) in [6, 6.07) is 1.19. The predicted molar refractivity (Wildman–Crippen MR) is 48.3 cm³/mol. The van der Waals surface area contributed by atoms with E-state index in [0.29, 0.717) is 11.3 Å². The van der Waals surface area contributed by atoms with Gasteiger partial charge in [0, 0.05) is 22.8 Å². The Morgan fingerprint density at radius 1 is 1.50 bits per heavy atom. The molecule has 0 aromatic carbocycles. The van der Waals surface area contributed by atoms with E-state index < -0.39 is 6.36 Å². The van der Waals surface area contributed by atoms with Crippen molar-refractivity contribution in [3.05, 3.63) is 23.5 Å². The van der Waals surface area contributed by atoms with Gasteiger partial charge in [0.2, 0.25) is 0 Å². The molecular formula is C8H7BrF3NO. The maximum absolute atomic E-state index is 11.9. The summed E-state index contributed by atoms with van der Waals surface area (Å²) in [5.41, 5.74) is 0.924. The molecule has 6 heteroatoms. The number of halogens is 4. The van der Waals surface area contributed by atoms with Crippen molar-refractivity contribution in [2.45, 2.75) is 18.6 Å². The van der Waals surface area contributed by atoms with Crippen LogP contribution in [-0.2, 0) is 5.33 Å². The van der Waals surface area contributed by atoms with Gasteiger partial charge in [0.25, 0.3) is 0 Å². The molecule has 2 nitrogen and oxygen atoms in total. The Hall–Kier alpha value is -0.780. The van der Waals surface area contributed by atoms with Gasteiger partial charge in [0.1, 0.15) is 5.75 Å². The average Bonchev–Trinajstić information content (AvgIpc) is 2.01. The van der Waals surface area contributed by atoms with Crippen molar-refractivity contribution < 1.29 is 17.9 Å². The number of pyridine rings is 1. The monoisotopic (exact) mass is 269 g/mol. The van der Waals surface area contributed by atoms with Crippen LogP contribution in [0, 0.1) is 6.92 Å². The highest BCUT2D eigenvalue weighted by Gasteiger charge is 2.32. The maximum Gasteiger partial charge on any atom is 0.573 e. The molecule has 78 valence electrons. The first-order valence-corrected chi connectivity index (χ1v) is 4.82. The summed E-state index contributed by atoms with van der Waals surface area (Å²) in [6.07, 6.45) is -3.38. The smallest absolute Gasteiger partial charge is 0.405 e. The Morgan fingerprint density at radius 3 is 2.64 bits per heavy atom. The van der Waals surface area contributed by atoms with Crippen molar-refractivity contribution in [1.29, 1.82) is 0 Å². The molecule has 0 aliphatic heterocycles. The van der Waals surface area contributed by atoms with Gasteiger partial charge in [-0.3, -0.25) is 4.98 Å². The number of ether oxygens (including phenoxy) is 1. The summed E-state index contributed by atoms with van der Waals surface area (Å²) in [4.78, 5) is 3.86. The van der Waals surface area contributed by atoms with Gasteiger partial charge in [-0.2, -0.15) is 0 Å². The van der Waals surface area contributed by atoms with Crippen molar-refractivity contribution >= 4 is 15.9 Å². The highest BCUT2D eigenvalue weighted by molar-refractivity contribution is 9.08. The van der Waals surface area contributed by atoms with Crippen molar-refractivity contribution in [3.63, 3.8) is 0 Å². The summed E-state index contributed by atoms with van der Waals surface area (Å²) >= 11 is 3.08. The van der Waals surface area contributed by atoms with E-state index in [0.717, 1.165) is 0 Å². The van der Waals surface area contributed by atoms with Crippen LogP contribution in [0.5, 0.6) is 5.75 Å². The SMILES string of the molecule is Cc1nccc(OC(F)(F)F)c1CBr. The zero-order chi connectivity index (χ0) is 10.8. The Morgan fingerprint density at radius 2 is 2.14 bits per heavy atom. The molecule has 0 fully saturated rings. The van der Waals surface area contributed by atoms with Crippen LogP contribution in [0.25, 0.3) is 0 Å². The Balaban J connectivity index is 3.02. The van der Waals surface area contributed by atoms with E-state index in [1.165, 1.54) is 12.3 Å². The molecule has 0 unspecified atom stereocenters. The second kappa shape index (κ2) is 4.16. The van der Waals surface area contributed by atoms with Crippen LogP contribution in [0.3, 0.4) is 0 Å². The van der Waals surface area contributed by atoms with E-state index in [4.69, 9.17) is 0 Å². The van der Waals surface area contributed by atoms with E-state index >= 15 is 0 Å². The predicted octanol–water partition coefficient (Wildman–Crippen LogP) is 3.18. The van der Waals surface area contributed by atoms with Crippen molar-refractivity contribution in [2.75, 3.05) is 0 Å². The summed E-state index contributed by atoms with van der Waals surface area (Å²) < 4.78 is 39.6. The van der Waals surface area contributed by atoms with Crippen molar-refractivity contribution in [3.8, 4) is 5.75 Å². The number of aromatic nitrogens is 1. The quantitative estimate of drug-likeness (QED) is 0.770. The lowest BCUT2D eigenvalue weighted by Crippen LogP contribution is -2.18. The van der Waals surface area contributed by atoms with Crippen LogP contribution >= 0.6 is 15.9 Å². The van der Waals surface area contributed by atoms with Gasteiger partial charge in [0.15, 0.2) is 0 Å². The van der Waals surface area contributed by atoms with E-state index in [9.17, 15) is 13.2 Å². The second-order valence-electron chi connectivity index (χ2n) is 2.55. The van der Waals surface area contributed by atoms with Crippen LogP contribution in [0.1, 0.15) is 11.3 Å². The fourth-order valence-corrected chi connectivity index (χ4v) is 1.64. The van der Waals surface area contributed by atoms with Crippen LogP contribution in [-0.4, -0.2) is 11.3 Å². The third-order valence-electron chi connectivity index (χ3n) is 1.59. The van der Waals surface area contributed by atoms with Crippen LogP contribution < -0.4 is 4.74 Å². The first-order valence-electron chi connectivity index (χ1n) is 3.70.